The van der Waals surface area contributed by atoms with Gasteiger partial charge in [0.05, 0.1) is 5.57 Å². The van der Waals surface area contributed by atoms with Crippen LogP contribution in [0.1, 0.15) is 13.8 Å². The summed E-state index contributed by atoms with van der Waals surface area (Å²) in [6, 6.07) is 0. The summed E-state index contributed by atoms with van der Waals surface area (Å²) in [5.41, 5.74) is 0.468. The van der Waals surface area contributed by atoms with Crippen LogP contribution in [0.15, 0.2) is 11.6 Å². The van der Waals surface area contributed by atoms with E-state index in [1.54, 1.807) is 32.0 Å². The number of nitrogens with zero attached hydrogens (tertiary/aromatic N) is 1. The Bertz CT molecular complexity index is 204. The second-order valence-corrected chi connectivity index (χ2v) is 2.50. The van der Waals surface area contributed by atoms with Crippen molar-refractivity contribution in [2.24, 2.45) is 0 Å². The molecule has 1 N–H and O–H groups in total. The van der Waals surface area contributed by atoms with Crippen molar-refractivity contribution in [2.75, 3.05) is 14.1 Å². The number of carbonyl (C=O) groups is 1. The number of nitrogens with one attached hydrogen (secondary N) is 1. The van der Waals surface area contributed by atoms with Crippen molar-refractivity contribution >= 4 is 11.6 Å². The molecular weight excluding hydrogens is 140 g/mol. The van der Waals surface area contributed by atoms with E-state index < -0.39 is 0 Å². The molecule has 0 unspecified atom stereocenters. The minimum Gasteiger partial charge on any atom is -0.363 e. The molecule has 0 radical (unpaired) electrons. The van der Waals surface area contributed by atoms with E-state index in [2.05, 4.69) is 0 Å². The highest BCUT2D eigenvalue weighted by atomic mass is 16.1. The molecule has 0 amide bonds. The molecule has 0 aliphatic carbocycles. The van der Waals surface area contributed by atoms with Crippen LogP contribution in [0.3, 0.4) is 0 Å². The molecule has 0 fully saturated rings. The summed E-state index contributed by atoms with van der Waals surface area (Å²) in [6.45, 7) is 3.22. The number of hydrogen-bond donors (Lipinski definition) is 1. The number of ketones is 1. The van der Waals surface area contributed by atoms with Gasteiger partial charge in [-0.15, -0.1) is 0 Å². The van der Waals surface area contributed by atoms with Crippen molar-refractivity contribution in [1.82, 2.24) is 4.90 Å². The van der Waals surface area contributed by atoms with Crippen molar-refractivity contribution in [3.05, 3.63) is 11.6 Å². The molecule has 0 aromatic heterocycles. The number of Topliss-reactive ketones (excluding diaryl/α,β-unsaturated/α-hetero) is 1. The minimum absolute atomic E-state index is 0.0637. The second kappa shape index (κ2) is 3.91. The maximum absolute atomic E-state index is 10.9. The predicted octanol–water partition coefficient (Wildman–Crippen LogP) is 1.06. The third-order valence-electron chi connectivity index (χ3n) is 1.37. The highest BCUT2D eigenvalue weighted by Gasteiger charge is 2.09. The first-order valence-electron chi connectivity index (χ1n) is 3.44. The largest absolute Gasteiger partial charge is 0.363 e. The fraction of sp³-hybridized carbons (Fsp3) is 0.500. The van der Waals surface area contributed by atoms with E-state index in [9.17, 15) is 4.79 Å². The van der Waals surface area contributed by atoms with E-state index in [0.29, 0.717) is 5.57 Å². The molecule has 0 atom stereocenters. The van der Waals surface area contributed by atoms with Gasteiger partial charge in [0, 0.05) is 14.1 Å². The van der Waals surface area contributed by atoms with Gasteiger partial charge in [0.2, 0.25) is 0 Å². The zero-order valence-electron chi connectivity index (χ0n) is 7.43. The molecular formula is C8H14N2O. The predicted molar refractivity (Wildman–Crippen MR) is 45.9 cm³/mol. The van der Waals surface area contributed by atoms with E-state index in [4.69, 9.17) is 5.41 Å². The number of carbonyl (C=O) groups excluding carboxylic acids is 1. The smallest absolute Gasteiger partial charge is 0.163 e. The molecule has 62 valence electrons. The molecule has 0 aliphatic heterocycles. The van der Waals surface area contributed by atoms with Gasteiger partial charge in [0.15, 0.2) is 5.78 Å². The molecule has 0 bridgehead atoms. The Morgan fingerprint density at radius 3 is 2.00 bits per heavy atom. The lowest BCUT2D eigenvalue weighted by molar-refractivity contribution is -0.113. The topological polar surface area (TPSA) is 44.2 Å². The van der Waals surface area contributed by atoms with Crippen LogP contribution in [0.2, 0.25) is 0 Å². The standard InChI is InChI=1S/C8H14N2O/c1-5-7(6(2)11)8(9)10(3)4/h5,9H,1-4H3/b7-5-,9-8?. The molecule has 0 spiro atoms. The number of amidine groups is 1. The van der Waals surface area contributed by atoms with E-state index in [0.717, 1.165) is 0 Å². The van der Waals surface area contributed by atoms with Gasteiger partial charge in [-0.1, -0.05) is 6.08 Å². The first-order valence-corrected chi connectivity index (χ1v) is 3.44. The van der Waals surface area contributed by atoms with Crippen molar-refractivity contribution in [1.29, 1.82) is 5.41 Å². The Labute approximate surface area is 67.2 Å². The Morgan fingerprint density at radius 1 is 1.45 bits per heavy atom. The number of allylic oxidation sites excluding steroid dienone is 1. The lowest BCUT2D eigenvalue weighted by Gasteiger charge is -2.14. The lowest BCUT2D eigenvalue weighted by Crippen LogP contribution is -2.25. The van der Waals surface area contributed by atoms with Gasteiger partial charge in [-0.05, 0) is 13.8 Å². The zero-order chi connectivity index (χ0) is 9.02. The van der Waals surface area contributed by atoms with Crippen LogP contribution in [0, 0.1) is 5.41 Å². The zero-order valence-corrected chi connectivity index (χ0v) is 7.43. The maximum Gasteiger partial charge on any atom is 0.163 e. The minimum atomic E-state index is -0.0637. The van der Waals surface area contributed by atoms with Gasteiger partial charge < -0.3 is 4.90 Å². The SMILES string of the molecule is C/C=C(\C(=N)N(C)C)C(C)=O. The summed E-state index contributed by atoms with van der Waals surface area (Å²) in [5, 5.41) is 7.47. The normalized spacial score (nSPS) is 11.1. The molecule has 0 aromatic carbocycles. The van der Waals surface area contributed by atoms with Crippen molar-refractivity contribution in [3.63, 3.8) is 0 Å². The second-order valence-electron chi connectivity index (χ2n) is 2.50. The molecule has 0 aliphatic rings. The lowest BCUT2D eigenvalue weighted by atomic mass is 10.1. The van der Waals surface area contributed by atoms with Crippen LogP contribution < -0.4 is 0 Å². The fourth-order valence-electron chi connectivity index (χ4n) is 0.748. The molecule has 3 heteroatoms. The third-order valence-corrected chi connectivity index (χ3v) is 1.37. The molecule has 0 heterocycles. The molecule has 0 aromatic rings. The average molecular weight is 154 g/mol. The van der Waals surface area contributed by atoms with Crippen LogP contribution in [0.25, 0.3) is 0 Å². The van der Waals surface area contributed by atoms with Crippen LogP contribution in [0.5, 0.6) is 0 Å². The molecule has 0 rings (SSSR count). The maximum atomic E-state index is 10.9. The van der Waals surface area contributed by atoms with Gasteiger partial charge in [0.1, 0.15) is 5.84 Å². The van der Waals surface area contributed by atoms with E-state index in [1.807, 2.05) is 0 Å². The Balaban J connectivity index is 4.55. The Kier molecular flexibility index (Phi) is 3.51. The highest BCUT2D eigenvalue weighted by Crippen LogP contribution is 1.99. The molecule has 0 saturated carbocycles. The first kappa shape index (κ1) is 9.88. The van der Waals surface area contributed by atoms with Gasteiger partial charge in [0.25, 0.3) is 0 Å². The molecule has 3 nitrogen and oxygen atoms in total. The summed E-state index contributed by atoms with van der Waals surface area (Å²) in [4.78, 5) is 12.5. The van der Waals surface area contributed by atoms with E-state index in [-0.39, 0.29) is 11.6 Å². The molecule has 0 saturated heterocycles. The summed E-state index contributed by atoms with van der Waals surface area (Å²) in [5.74, 6) is 0.200. The number of hydrogen-bond acceptors (Lipinski definition) is 2. The summed E-state index contributed by atoms with van der Waals surface area (Å²) in [6.07, 6.45) is 1.66. The first-order chi connectivity index (χ1) is 5.00. The summed E-state index contributed by atoms with van der Waals surface area (Å²) in [7, 11) is 3.49. The molecule has 11 heavy (non-hydrogen) atoms. The van der Waals surface area contributed by atoms with Gasteiger partial charge in [-0.3, -0.25) is 10.2 Å². The van der Waals surface area contributed by atoms with E-state index >= 15 is 0 Å². The van der Waals surface area contributed by atoms with Crippen LogP contribution in [-0.4, -0.2) is 30.6 Å². The van der Waals surface area contributed by atoms with Gasteiger partial charge >= 0.3 is 0 Å². The summed E-state index contributed by atoms with van der Waals surface area (Å²) < 4.78 is 0. The van der Waals surface area contributed by atoms with E-state index in [1.165, 1.54) is 6.92 Å². The van der Waals surface area contributed by atoms with Gasteiger partial charge in [-0.2, -0.15) is 0 Å². The monoisotopic (exact) mass is 154 g/mol. The number of likely N-dealkylation sites (N-methyl/N-ethyl adjacent to an activating group) is 1. The van der Waals surface area contributed by atoms with Crippen molar-refractivity contribution < 1.29 is 4.79 Å². The Hall–Kier alpha value is -1.12. The average Bonchev–Trinajstić information content (AvgIpc) is 1.88. The third kappa shape index (κ3) is 2.53. The van der Waals surface area contributed by atoms with Crippen LogP contribution in [-0.2, 0) is 4.79 Å². The van der Waals surface area contributed by atoms with Crippen LogP contribution in [0.4, 0.5) is 0 Å². The van der Waals surface area contributed by atoms with Crippen LogP contribution >= 0.6 is 0 Å². The summed E-state index contributed by atoms with van der Waals surface area (Å²) >= 11 is 0. The highest BCUT2D eigenvalue weighted by molar-refractivity contribution is 6.19. The quantitative estimate of drug-likeness (QED) is 0.367. The van der Waals surface area contributed by atoms with Gasteiger partial charge in [-0.25, -0.2) is 0 Å². The fourth-order valence-corrected chi connectivity index (χ4v) is 0.748. The van der Waals surface area contributed by atoms with Crippen molar-refractivity contribution in [3.8, 4) is 0 Å². The van der Waals surface area contributed by atoms with Crippen molar-refractivity contribution in [2.45, 2.75) is 13.8 Å². The Morgan fingerprint density at radius 2 is 1.91 bits per heavy atom. The number of rotatable bonds is 2.